The molecule has 2 atom stereocenters. The molecule has 5 nitrogen and oxygen atoms in total. The molecule has 0 aliphatic heterocycles. The number of aliphatic hydroxyl groups is 1. The van der Waals surface area contributed by atoms with Crippen LogP contribution in [0.2, 0.25) is 0 Å². The van der Waals surface area contributed by atoms with Crippen LogP contribution in [0, 0.1) is 5.92 Å². The zero-order valence-electron chi connectivity index (χ0n) is 8.18. The fraction of sp³-hybridized carbons (Fsp3) is 0.778. The second kappa shape index (κ2) is 3.67. The van der Waals surface area contributed by atoms with Crippen molar-refractivity contribution in [3.05, 3.63) is 11.7 Å². The minimum Gasteiger partial charge on any atom is -0.391 e. The van der Waals surface area contributed by atoms with Crippen LogP contribution in [0.3, 0.4) is 0 Å². The highest BCUT2D eigenvalue weighted by molar-refractivity contribution is 4.96. The van der Waals surface area contributed by atoms with E-state index in [0.717, 1.165) is 12.3 Å². The van der Waals surface area contributed by atoms with E-state index < -0.39 is 12.1 Å². The molecule has 0 spiro atoms. The van der Waals surface area contributed by atoms with E-state index in [4.69, 9.17) is 10.3 Å². The van der Waals surface area contributed by atoms with Crippen molar-refractivity contribution in [3.8, 4) is 0 Å². The van der Waals surface area contributed by atoms with Gasteiger partial charge in [0.15, 0.2) is 5.82 Å². The molecule has 1 aliphatic rings. The minimum atomic E-state index is -0.663. The van der Waals surface area contributed by atoms with Gasteiger partial charge in [0.25, 0.3) is 0 Å². The van der Waals surface area contributed by atoms with Gasteiger partial charge in [0.2, 0.25) is 5.89 Å². The van der Waals surface area contributed by atoms with Gasteiger partial charge in [-0.15, -0.1) is 0 Å². The molecule has 3 N–H and O–H groups in total. The maximum atomic E-state index is 9.23. The SMILES string of the molecule is CC(O)C(N)c1nc(CC2CC2)no1. The Morgan fingerprint density at radius 1 is 1.64 bits per heavy atom. The Balaban J connectivity index is 2.00. The topological polar surface area (TPSA) is 85.2 Å². The molecular weight excluding hydrogens is 182 g/mol. The van der Waals surface area contributed by atoms with E-state index in [2.05, 4.69) is 10.1 Å². The van der Waals surface area contributed by atoms with Gasteiger partial charge in [-0.05, 0) is 25.7 Å². The van der Waals surface area contributed by atoms with Crippen molar-refractivity contribution in [2.24, 2.45) is 11.7 Å². The van der Waals surface area contributed by atoms with Crippen molar-refractivity contribution in [3.63, 3.8) is 0 Å². The van der Waals surface area contributed by atoms with E-state index in [9.17, 15) is 5.11 Å². The standard InChI is InChI=1S/C9H15N3O2/c1-5(13)8(10)9-11-7(12-14-9)4-6-2-3-6/h5-6,8,13H,2-4,10H2,1H3. The van der Waals surface area contributed by atoms with Crippen LogP contribution >= 0.6 is 0 Å². The summed E-state index contributed by atoms with van der Waals surface area (Å²) in [5.41, 5.74) is 5.65. The zero-order valence-corrected chi connectivity index (χ0v) is 8.18. The Kier molecular flexibility index (Phi) is 2.52. The smallest absolute Gasteiger partial charge is 0.246 e. The molecule has 14 heavy (non-hydrogen) atoms. The molecule has 1 heterocycles. The van der Waals surface area contributed by atoms with Gasteiger partial charge in [0, 0.05) is 6.42 Å². The molecule has 2 unspecified atom stereocenters. The third kappa shape index (κ3) is 2.10. The summed E-state index contributed by atoms with van der Waals surface area (Å²) in [5.74, 6) is 1.76. The van der Waals surface area contributed by atoms with Gasteiger partial charge in [-0.3, -0.25) is 0 Å². The van der Waals surface area contributed by atoms with Crippen LogP contribution in [0.4, 0.5) is 0 Å². The van der Waals surface area contributed by atoms with Crippen LogP contribution in [0.5, 0.6) is 0 Å². The highest BCUT2D eigenvalue weighted by Crippen LogP contribution is 2.31. The summed E-state index contributed by atoms with van der Waals surface area (Å²) in [7, 11) is 0. The zero-order chi connectivity index (χ0) is 10.1. The molecule has 0 aromatic carbocycles. The molecule has 5 heteroatoms. The molecule has 78 valence electrons. The lowest BCUT2D eigenvalue weighted by Crippen LogP contribution is -2.23. The van der Waals surface area contributed by atoms with E-state index >= 15 is 0 Å². The van der Waals surface area contributed by atoms with E-state index in [-0.39, 0.29) is 0 Å². The molecular formula is C9H15N3O2. The minimum absolute atomic E-state index is 0.329. The Morgan fingerprint density at radius 2 is 2.36 bits per heavy atom. The average Bonchev–Trinajstić information content (AvgIpc) is 2.81. The number of nitrogens with zero attached hydrogens (tertiary/aromatic N) is 2. The van der Waals surface area contributed by atoms with Gasteiger partial charge in [-0.2, -0.15) is 4.98 Å². The monoisotopic (exact) mass is 197 g/mol. The third-order valence-electron chi connectivity index (χ3n) is 2.46. The summed E-state index contributed by atoms with van der Waals surface area (Å²) in [6.07, 6.45) is 2.72. The lowest BCUT2D eigenvalue weighted by Gasteiger charge is -2.08. The second-order valence-electron chi connectivity index (χ2n) is 3.96. The van der Waals surface area contributed by atoms with Crippen LogP contribution in [0.15, 0.2) is 4.52 Å². The fourth-order valence-electron chi connectivity index (χ4n) is 1.27. The van der Waals surface area contributed by atoms with Gasteiger partial charge in [-0.1, -0.05) is 5.16 Å². The van der Waals surface area contributed by atoms with Gasteiger partial charge in [-0.25, -0.2) is 0 Å². The first-order valence-electron chi connectivity index (χ1n) is 4.93. The van der Waals surface area contributed by atoms with Gasteiger partial charge in [0.1, 0.15) is 6.04 Å². The van der Waals surface area contributed by atoms with Crippen LogP contribution in [-0.2, 0) is 6.42 Å². The first kappa shape index (κ1) is 9.61. The highest BCUT2D eigenvalue weighted by atomic mass is 16.5. The lowest BCUT2D eigenvalue weighted by atomic mass is 10.2. The molecule has 0 saturated heterocycles. The van der Waals surface area contributed by atoms with E-state index in [1.54, 1.807) is 6.92 Å². The normalized spacial score (nSPS) is 20.8. The number of aliphatic hydroxyl groups excluding tert-OH is 1. The highest BCUT2D eigenvalue weighted by Gasteiger charge is 2.25. The van der Waals surface area contributed by atoms with Crippen LogP contribution in [0.25, 0.3) is 0 Å². The van der Waals surface area contributed by atoms with Crippen LogP contribution in [0.1, 0.15) is 37.5 Å². The third-order valence-corrected chi connectivity index (χ3v) is 2.46. The molecule has 2 rings (SSSR count). The van der Waals surface area contributed by atoms with Crippen LogP contribution < -0.4 is 5.73 Å². The van der Waals surface area contributed by atoms with Crippen molar-refractivity contribution in [1.82, 2.24) is 10.1 Å². The first-order chi connectivity index (χ1) is 6.66. The summed E-state index contributed by atoms with van der Waals surface area (Å²) < 4.78 is 4.97. The maximum Gasteiger partial charge on any atom is 0.246 e. The number of nitrogens with two attached hydrogens (primary N) is 1. The molecule has 1 saturated carbocycles. The Hall–Kier alpha value is -0.940. The molecule has 1 aromatic rings. The Bertz CT molecular complexity index is 307. The number of aromatic nitrogens is 2. The number of rotatable bonds is 4. The van der Waals surface area contributed by atoms with Gasteiger partial charge >= 0.3 is 0 Å². The average molecular weight is 197 g/mol. The fourth-order valence-corrected chi connectivity index (χ4v) is 1.27. The predicted molar refractivity (Wildman–Crippen MR) is 49.3 cm³/mol. The number of hydrogen-bond acceptors (Lipinski definition) is 5. The summed E-state index contributed by atoms with van der Waals surface area (Å²) in [4.78, 5) is 4.15. The molecule has 0 bridgehead atoms. The van der Waals surface area contributed by atoms with E-state index in [0.29, 0.717) is 11.7 Å². The first-order valence-corrected chi connectivity index (χ1v) is 4.93. The van der Waals surface area contributed by atoms with Crippen molar-refractivity contribution < 1.29 is 9.63 Å². The van der Waals surface area contributed by atoms with Gasteiger partial charge in [0.05, 0.1) is 6.10 Å². The Labute approximate surface area is 82.3 Å². The summed E-state index contributed by atoms with van der Waals surface area (Å²) in [6, 6.07) is -0.574. The second-order valence-corrected chi connectivity index (χ2v) is 3.96. The number of hydrogen-bond donors (Lipinski definition) is 2. The maximum absolute atomic E-state index is 9.23. The van der Waals surface area contributed by atoms with Crippen molar-refractivity contribution in [2.75, 3.05) is 0 Å². The predicted octanol–water partition coefficient (Wildman–Crippen LogP) is 0.403. The lowest BCUT2D eigenvalue weighted by molar-refractivity contribution is 0.146. The quantitative estimate of drug-likeness (QED) is 0.729. The summed E-state index contributed by atoms with van der Waals surface area (Å²) >= 11 is 0. The van der Waals surface area contributed by atoms with Crippen molar-refractivity contribution in [1.29, 1.82) is 0 Å². The summed E-state index contributed by atoms with van der Waals surface area (Å²) in [5, 5.41) is 13.0. The molecule has 0 radical (unpaired) electrons. The van der Waals surface area contributed by atoms with E-state index in [1.165, 1.54) is 12.8 Å². The van der Waals surface area contributed by atoms with Crippen LogP contribution in [-0.4, -0.2) is 21.4 Å². The molecule has 1 aromatic heterocycles. The molecule has 0 amide bonds. The van der Waals surface area contributed by atoms with Crippen molar-refractivity contribution in [2.45, 2.75) is 38.3 Å². The van der Waals surface area contributed by atoms with Gasteiger partial charge < -0.3 is 15.4 Å². The molecule has 1 fully saturated rings. The largest absolute Gasteiger partial charge is 0.391 e. The summed E-state index contributed by atoms with van der Waals surface area (Å²) in [6.45, 7) is 1.61. The van der Waals surface area contributed by atoms with E-state index in [1.807, 2.05) is 0 Å². The van der Waals surface area contributed by atoms with Crippen molar-refractivity contribution >= 4 is 0 Å². The Morgan fingerprint density at radius 3 is 2.93 bits per heavy atom. The molecule has 1 aliphatic carbocycles.